The lowest BCUT2D eigenvalue weighted by molar-refractivity contribution is 0.587. The largest absolute Gasteiger partial charge is 0.281 e. The van der Waals surface area contributed by atoms with Gasteiger partial charge in [0.15, 0.2) is 5.82 Å². The number of rotatable bonds is 6. The summed E-state index contributed by atoms with van der Waals surface area (Å²) in [6.07, 6.45) is 2.62. The summed E-state index contributed by atoms with van der Waals surface area (Å²) in [6, 6.07) is 7.71. The number of fused-ring (bicyclic) bond motifs is 1. The van der Waals surface area contributed by atoms with Gasteiger partial charge in [-0.25, -0.2) is 17.2 Å². The van der Waals surface area contributed by atoms with E-state index in [0.29, 0.717) is 18.4 Å². The maximum atomic E-state index is 15.2. The first-order valence-electron chi connectivity index (χ1n) is 9.14. The number of hydrogen-bond donors (Lipinski definition) is 1. The third-order valence-corrected chi connectivity index (χ3v) is 6.04. The third kappa shape index (κ3) is 3.99. The van der Waals surface area contributed by atoms with Crippen LogP contribution in [0.1, 0.15) is 31.5 Å². The van der Waals surface area contributed by atoms with Crippen LogP contribution in [0.15, 0.2) is 36.5 Å². The number of sulfonamides is 1. The van der Waals surface area contributed by atoms with Gasteiger partial charge in [0.2, 0.25) is 10.0 Å². The molecule has 1 N–H and O–H groups in total. The first-order valence-corrected chi connectivity index (χ1v) is 10.8. The van der Waals surface area contributed by atoms with Gasteiger partial charge in [0.05, 0.1) is 17.0 Å². The topological polar surface area (TPSA) is 59.1 Å². The van der Waals surface area contributed by atoms with E-state index < -0.39 is 21.7 Å². The van der Waals surface area contributed by atoms with Crippen molar-refractivity contribution in [1.29, 1.82) is 0 Å². The minimum absolute atomic E-state index is 0.139. The van der Waals surface area contributed by atoms with Crippen molar-refractivity contribution in [2.24, 2.45) is 0 Å². The van der Waals surface area contributed by atoms with E-state index in [1.807, 2.05) is 26.0 Å². The van der Waals surface area contributed by atoms with Crippen LogP contribution < -0.4 is 4.72 Å². The van der Waals surface area contributed by atoms with Gasteiger partial charge in [-0.3, -0.25) is 9.71 Å². The van der Waals surface area contributed by atoms with E-state index in [4.69, 9.17) is 0 Å². The average Bonchev–Trinajstić information content (AvgIpc) is 2.63. The molecule has 0 fully saturated rings. The monoisotopic (exact) mass is 404 g/mol. The molecule has 0 unspecified atom stereocenters. The van der Waals surface area contributed by atoms with Crippen LogP contribution in [0.2, 0.25) is 0 Å². The third-order valence-electron chi connectivity index (χ3n) is 4.56. The standard InChI is InChI=1S/C21H22F2N2O2S/c1-4-8-28(26,27)25-19-7-6-18(22)20(21(19)23)17-11-16-12-24-13(3)9-15(16)10-14(17)5-2/h6-7,9-12,25H,4-5,8H2,1-3H3. The van der Waals surface area contributed by atoms with Crippen LogP contribution in [0.25, 0.3) is 21.9 Å². The minimum Gasteiger partial charge on any atom is -0.281 e. The van der Waals surface area contributed by atoms with Gasteiger partial charge < -0.3 is 0 Å². The molecule has 3 aromatic rings. The molecule has 4 nitrogen and oxygen atoms in total. The van der Waals surface area contributed by atoms with Crippen molar-refractivity contribution in [3.05, 3.63) is 59.4 Å². The molecular weight excluding hydrogens is 382 g/mol. The van der Waals surface area contributed by atoms with Crippen LogP contribution in [-0.2, 0) is 16.4 Å². The number of benzene rings is 2. The molecule has 0 aliphatic carbocycles. The van der Waals surface area contributed by atoms with E-state index in [1.54, 1.807) is 19.2 Å². The van der Waals surface area contributed by atoms with Gasteiger partial charge >= 0.3 is 0 Å². The molecule has 0 aliphatic heterocycles. The highest BCUT2D eigenvalue weighted by molar-refractivity contribution is 7.92. The maximum Gasteiger partial charge on any atom is 0.232 e. The zero-order valence-electron chi connectivity index (χ0n) is 16.0. The summed E-state index contributed by atoms with van der Waals surface area (Å²) < 4.78 is 56.1. The number of nitrogens with zero attached hydrogens (tertiary/aromatic N) is 1. The quantitative estimate of drug-likeness (QED) is 0.614. The first-order chi connectivity index (χ1) is 13.3. The summed E-state index contributed by atoms with van der Waals surface area (Å²) in [5.74, 6) is -1.81. The van der Waals surface area contributed by atoms with Crippen molar-refractivity contribution in [3.8, 4) is 11.1 Å². The Kier molecular flexibility index (Phi) is 5.65. The highest BCUT2D eigenvalue weighted by atomic mass is 32.2. The number of anilines is 1. The summed E-state index contributed by atoms with van der Waals surface area (Å²) in [5, 5.41) is 1.70. The molecule has 0 atom stereocenters. The number of nitrogens with one attached hydrogen (secondary N) is 1. The van der Waals surface area contributed by atoms with Gasteiger partial charge in [0.25, 0.3) is 0 Å². The summed E-state index contributed by atoms with van der Waals surface area (Å²) in [5.41, 5.74) is 1.52. The number of halogens is 2. The maximum absolute atomic E-state index is 15.2. The fourth-order valence-electron chi connectivity index (χ4n) is 3.24. The van der Waals surface area contributed by atoms with Crippen LogP contribution >= 0.6 is 0 Å². The normalized spacial score (nSPS) is 11.8. The van der Waals surface area contributed by atoms with E-state index in [-0.39, 0.29) is 17.0 Å². The number of aryl methyl sites for hydroxylation is 2. The van der Waals surface area contributed by atoms with Gasteiger partial charge in [-0.05, 0) is 60.5 Å². The summed E-state index contributed by atoms with van der Waals surface area (Å²) >= 11 is 0. The molecule has 7 heteroatoms. The summed E-state index contributed by atoms with van der Waals surface area (Å²) in [4.78, 5) is 4.25. The van der Waals surface area contributed by atoms with Gasteiger partial charge in [0, 0.05) is 17.3 Å². The van der Waals surface area contributed by atoms with E-state index >= 15 is 4.39 Å². The van der Waals surface area contributed by atoms with Crippen molar-refractivity contribution < 1.29 is 17.2 Å². The summed E-state index contributed by atoms with van der Waals surface area (Å²) in [6.45, 7) is 5.50. The van der Waals surface area contributed by atoms with Crippen LogP contribution in [-0.4, -0.2) is 19.2 Å². The SMILES string of the molecule is CCCS(=O)(=O)Nc1ccc(F)c(-c2cc3cnc(C)cc3cc2CC)c1F. The molecule has 0 amide bonds. The molecule has 2 aromatic carbocycles. The molecule has 28 heavy (non-hydrogen) atoms. The second-order valence-electron chi connectivity index (χ2n) is 6.74. The van der Waals surface area contributed by atoms with Crippen LogP contribution in [0.3, 0.4) is 0 Å². The highest BCUT2D eigenvalue weighted by Crippen LogP contribution is 2.35. The molecule has 0 bridgehead atoms. The van der Waals surface area contributed by atoms with Crippen molar-refractivity contribution >= 4 is 26.5 Å². The lowest BCUT2D eigenvalue weighted by atomic mass is 9.93. The molecule has 0 saturated heterocycles. The van der Waals surface area contributed by atoms with E-state index in [1.165, 1.54) is 0 Å². The van der Waals surface area contributed by atoms with E-state index in [9.17, 15) is 12.8 Å². The first kappa shape index (κ1) is 20.2. The molecular formula is C21H22F2N2O2S. The Morgan fingerprint density at radius 2 is 1.82 bits per heavy atom. The lowest BCUT2D eigenvalue weighted by Crippen LogP contribution is -2.17. The van der Waals surface area contributed by atoms with Gasteiger partial charge in [0.1, 0.15) is 5.82 Å². The predicted octanol–water partition coefficient (Wildman–Crippen LogP) is 5.20. The molecule has 0 radical (unpaired) electrons. The van der Waals surface area contributed by atoms with Crippen LogP contribution in [0, 0.1) is 18.6 Å². The summed E-state index contributed by atoms with van der Waals surface area (Å²) in [7, 11) is -3.70. The Morgan fingerprint density at radius 1 is 1.07 bits per heavy atom. The number of hydrogen-bond acceptors (Lipinski definition) is 3. The van der Waals surface area contributed by atoms with Crippen LogP contribution in [0.5, 0.6) is 0 Å². The second-order valence-corrected chi connectivity index (χ2v) is 8.58. The Hall–Kier alpha value is -2.54. The van der Waals surface area contributed by atoms with Gasteiger partial charge in [-0.15, -0.1) is 0 Å². The van der Waals surface area contributed by atoms with E-state index in [0.717, 1.165) is 34.2 Å². The smallest absolute Gasteiger partial charge is 0.232 e. The Labute approximate surface area is 163 Å². The van der Waals surface area contributed by atoms with Crippen molar-refractivity contribution in [3.63, 3.8) is 0 Å². The van der Waals surface area contributed by atoms with Crippen molar-refractivity contribution in [2.45, 2.75) is 33.6 Å². The molecule has 0 saturated carbocycles. The van der Waals surface area contributed by atoms with Crippen LogP contribution in [0.4, 0.5) is 14.5 Å². The minimum atomic E-state index is -3.70. The van der Waals surface area contributed by atoms with Gasteiger partial charge in [-0.1, -0.05) is 19.9 Å². The van der Waals surface area contributed by atoms with Crippen molar-refractivity contribution in [2.75, 3.05) is 10.5 Å². The fourth-order valence-corrected chi connectivity index (χ4v) is 4.37. The fraction of sp³-hybridized carbons (Fsp3) is 0.286. The molecule has 1 aromatic heterocycles. The second kappa shape index (κ2) is 7.83. The molecule has 0 spiro atoms. The Morgan fingerprint density at radius 3 is 2.50 bits per heavy atom. The Balaban J connectivity index is 2.20. The van der Waals surface area contributed by atoms with Crippen molar-refractivity contribution in [1.82, 2.24) is 4.98 Å². The lowest BCUT2D eigenvalue weighted by Gasteiger charge is -2.15. The predicted molar refractivity (Wildman–Crippen MR) is 109 cm³/mol. The average molecular weight is 404 g/mol. The number of aromatic nitrogens is 1. The van der Waals surface area contributed by atoms with E-state index in [2.05, 4.69) is 9.71 Å². The van der Waals surface area contributed by atoms with Gasteiger partial charge in [-0.2, -0.15) is 0 Å². The zero-order chi connectivity index (χ0) is 20.5. The molecule has 3 rings (SSSR count). The number of pyridine rings is 1. The zero-order valence-corrected chi connectivity index (χ0v) is 16.8. The molecule has 1 heterocycles. The highest BCUT2D eigenvalue weighted by Gasteiger charge is 2.21. The Bertz CT molecular complexity index is 1140. The molecule has 148 valence electrons. The molecule has 0 aliphatic rings.